The minimum absolute atomic E-state index is 0.155. The van der Waals surface area contributed by atoms with Gasteiger partial charge in [0.15, 0.2) is 0 Å². The molecule has 0 atom stereocenters. The largest absolute Gasteiger partial charge is 0.390 e. The highest BCUT2D eigenvalue weighted by Gasteiger charge is 2.15. The van der Waals surface area contributed by atoms with Crippen LogP contribution in [0.3, 0.4) is 0 Å². The van der Waals surface area contributed by atoms with E-state index in [4.69, 9.17) is 0 Å². The summed E-state index contributed by atoms with van der Waals surface area (Å²) in [7, 11) is 0. The lowest BCUT2D eigenvalue weighted by atomic mass is 10.1. The van der Waals surface area contributed by atoms with Crippen molar-refractivity contribution in [2.75, 3.05) is 0 Å². The molecule has 4 nitrogen and oxygen atoms in total. The molecule has 1 aromatic carbocycles. The quantitative estimate of drug-likeness (QED) is 0.902. The van der Waals surface area contributed by atoms with E-state index in [-0.39, 0.29) is 12.4 Å². The van der Waals surface area contributed by atoms with E-state index in [1.165, 1.54) is 12.1 Å². The molecule has 1 heterocycles. The summed E-state index contributed by atoms with van der Waals surface area (Å²) in [5, 5.41) is 17.2. The molecule has 0 bridgehead atoms. The van der Waals surface area contributed by atoms with Crippen LogP contribution in [0, 0.1) is 11.7 Å². The van der Waals surface area contributed by atoms with Gasteiger partial charge >= 0.3 is 0 Å². The highest BCUT2D eigenvalue weighted by Crippen LogP contribution is 2.17. The lowest BCUT2D eigenvalue weighted by Gasteiger charge is -2.09. The van der Waals surface area contributed by atoms with Crippen LogP contribution in [0.15, 0.2) is 24.3 Å². The molecule has 0 fully saturated rings. The van der Waals surface area contributed by atoms with Gasteiger partial charge in [-0.3, -0.25) is 0 Å². The third kappa shape index (κ3) is 2.56. The Morgan fingerprint density at radius 3 is 2.78 bits per heavy atom. The molecule has 1 aromatic heterocycles. The summed E-state index contributed by atoms with van der Waals surface area (Å²) in [6.45, 7) is 3.99. The first-order valence-electron chi connectivity index (χ1n) is 5.92. The van der Waals surface area contributed by atoms with Gasteiger partial charge < -0.3 is 5.11 Å². The van der Waals surface area contributed by atoms with Gasteiger partial charge in [0.25, 0.3) is 0 Å². The van der Waals surface area contributed by atoms with Crippen molar-refractivity contribution in [3.63, 3.8) is 0 Å². The van der Waals surface area contributed by atoms with Crippen LogP contribution in [0.1, 0.15) is 25.2 Å². The maximum atomic E-state index is 13.2. The molecule has 18 heavy (non-hydrogen) atoms. The second-order valence-corrected chi connectivity index (χ2v) is 4.63. The topological polar surface area (TPSA) is 50.9 Å². The zero-order chi connectivity index (χ0) is 13.1. The summed E-state index contributed by atoms with van der Waals surface area (Å²) in [5.74, 6) is 0.0881. The Bertz CT molecular complexity index is 537. The smallest absolute Gasteiger partial charge is 0.125 e. The lowest BCUT2D eigenvalue weighted by molar-refractivity contribution is 0.275. The molecule has 0 spiro atoms. The van der Waals surface area contributed by atoms with Crippen molar-refractivity contribution in [2.45, 2.75) is 26.9 Å². The van der Waals surface area contributed by atoms with Gasteiger partial charge in [-0.1, -0.05) is 25.1 Å². The van der Waals surface area contributed by atoms with Crippen LogP contribution in [0.4, 0.5) is 4.39 Å². The van der Waals surface area contributed by atoms with Crippen molar-refractivity contribution in [1.82, 2.24) is 15.0 Å². The average molecular weight is 249 g/mol. The second kappa shape index (κ2) is 5.27. The number of nitrogens with zero attached hydrogens (tertiary/aromatic N) is 3. The fraction of sp³-hybridized carbons (Fsp3) is 0.385. The van der Waals surface area contributed by atoms with E-state index in [0.717, 1.165) is 12.1 Å². The number of aromatic nitrogens is 3. The van der Waals surface area contributed by atoms with E-state index in [1.54, 1.807) is 16.8 Å². The minimum atomic E-state index is -0.316. The first-order chi connectivity index (χ1) is 8.61. The van der Waals surface area contributed by atoms with Gasteiger partial charge in [0.1, 0.15) is 11.5 Å². The number of aliphatic hydroxyl groups excluding tert-OH is 1. The molecule has 0 aliphatic rings. The van der Waals surface area contributed by atoms with E-state index < -0.39 is 0 Å². The molecule has 1 N–H and O–H groups in total. The number of hydrogen-bond donors (Lipinski definition) is 1. The van der Waals surface area contributed by atoms with E-state index in [1.807, 2.05) is 0 Å². The van der Waals surface area contributed by atoms with Crippen LogP contribution in [-0.2, 0) is 13.0 Å². The number of aliphatic hydroxyl groups is 1. The molecule has 2 aromatic rings. The normalized spacial score (nSPS) is 11.2. The summed E-state index contributed by atoms with van der Waals surface area (Å²) < 4.78 is 14.8. The molecule has 5 heteroatoms. The van der Waals surface area contributed by atoms with Gasteiger partial charge in [-0.2, -0.15) is 0 Å². The first-order valence-corrected chi connectivity index (χ1v) is 5.92. The van der Waals surface area contributed by atoms with Crippen molar-refractivity contribution < 1.29 is 9.50 Å². The van der Waals surface area contributed by atoms with Crippen LogP contribution in [0.2, 0.25) is 0 Å². The van der Waals surface area contributed by atoms with Gasteiger partial charge in [0.2, 0.25) is 0 Å². The zero-order valence-electron chi connectivity index (χ0n) is 10.5. The molecule has 96 valence electrons. The Kier molecular flexibility index (Phi) is 3.72. The van der Waals surface area contributed by atoms with Crippen LogP contribution in [0.25, 0.3) is 5.69 Å². The molecule has 2 rings (SSSR count). The number of halogens is 1. The molecule has 0 aliphatic heterocycles. The summed E-state index contributed by atoms with van der Waals surface area (Å²) in [4.78, 5) is 0. The molecule has 0 saturated heterocycles. The predicted molar refractivity (Wildman–Crippen MR) is 65.8 cm³/mol. The Labute approximate surface area is 105 Å². The van der Waals surface area contributed by atoms with Crippen LogP contribution < -0.4 is 0 Å². The fourth-order valence-electron chi connectivity index (χ4n) is 1.86. The second-order valence-electron chi connectivity index (χ2n) is 4.63. The standard InChI is InChI=1S/C13H16FN3O/c1-9(2)6-13-12(8-18)15-16-17(13)11-5-3-4-10(14)7-11/h3-5,7,9,18H,6,8H2,1-2H3. The van der Waals surface area contributed by atoms with E-state index in [0.29, 0.717) is 17.3 Å². The summed E-state index contributed by atoms with van der Waals surface area (Å²) in [6, 6.07) is 6.18. The van der Waals surface area contributed by atoms with Gasteiger partial charge in [0.05, 0.1) is 18.0 Å². The SMILES string of the molecule is CC(C)Cc1c(CO)nnn1-c1cccc(F)c1. The van der Waals surface area contributed by atoms with Crippen molar-refractivity contribution >= 4 is 0 Å². The molecule has 0 radical (unpaired) electrons. The lowest BCUT2D eigenvalue weighted by Crippen LogP contribution is -2.07. The zero-order valence-corrected chi connectivity index (χ0v) is 10.5. The molecule has 0 saturated carbocycles. The Morgan fingerprint density at radius 2 is 2.17 bits per heavy atom. The van der Waals surface area contributed by atoms with Gasteiger partial charge in [-0.25, -0.2) is 9.07 Å². The molecular formula is C13H16FN3O. The summed E-state index contributed by atoms with van der Waals surface area (Å²) in [6.07, 6.45) is 0.736. The van der Waals surface area contributed by atoms with Gasteiger partial charge in [-0.15, -0.1) is 5.10 Å². The molecule has 0 aliphatic carbocycles. The van der Waals surface area contributed by atoms with Crippen LogP contribution in [0.5, 0.6) is 0 Å². The molecule has 0 unspecified atom stereocenters. The van der Waals surface area contributed by atoms with E-state index in [9.17, 15) is 9.50 Å². The third-order valence-electron chi connectivity index (χ3n) is 2.65. The van der Waals surface area contributed by atoms with Crippen LogP contribution in [-0.4, -0.2) is 20.1 Å². The third-order valence-corrected chi connectivity index (χ3v) is 2.65. The van der Waals surface area contributed by atoms with Crippen molar-refractivity contribution in [2.24, 2.45) is 5.92 Å². The van der Waals surface area contributed by atoms with E-state index >= 15 is 0 Å². The van der Waals surface area contributed by atoms with Crippen molar-refractivity contribution in [3.8, 4) is 5.69 Å². The Morgan fingerprint density at radius 1 is 1.39 bits per heavy atom. The van der Waals surface area contributed by atoms with Gasteiger partial charge in [-0.05, 0) is 30.5 Å². The maximum Gasteiger partial charge on any atom is 0.125 e. The fourth-order valence-corrected chi connectivity index (χ4v) is 1.86. The Balaban J connectivity index is 2.47. The van der Waals surface area contributed by atoms with Crippen molar-refractivity contribution in [1.29, 1.82) is 0 Å². The first kappa shape index (κ1) is 12.7. The van der Waals surface area contributed by atoms with E-state index in [2.05, 4.69) is 24.2 Å². The monoisotopic (exact) mass is 249 g/mol. The molecule has 0 amide bonds. The van der Waals surface area contributed by atoms with Crippen LogP contribution >= 0.6 is 0 Å². The predicted octanol–water partition coefficient (Wildman–Crippen LogP) is 2.10. The average Bonchev–Trinajstić information content (AvgIpc) is 2.71. The number of hydrogen-bond acceptors (Lipinski definition) is 3. The molecular weight excluding hydrogens is 233 g/mol. The number of rotatable bonds is 4. The summed E-state index contributed by atoms with van der Waals surface area (Å²) >= 11 is 0. The van der Waals surface area contributed by atoms with Gasteiger partial charge in [0, 0.05) is 0 Å². The Hall–Kier alpha value is -1.75. The van der Waals surface area contributed by atoms with Crippen molar-refractivity contribution in [3.05, 3.63) is 41.5 Å². The highest BCUT2D eigenvalue weighted by molar-refractivity contribution is 5.34. The minimum Gasteiger partial charge on any atom is -0.390 e. The number of benzene rings is 1. The summed E-state index contributed by atoms with van der Waals surface area (Å²) in [5.41, 5.74) is 2.00. The maximum absolute atomic E-state index is 13.2. The highest BCUT2D eigenvalue weighted by atomic mass is 19.1.